The van der Waals surface area contributed by atoms with E-state index in [1.807, 2.05) is 13.8 Å². The topological polar surface area (TPSA) is 76.5 Å². The van der Waals surface area contributed by atoms with Gasteiger partial charge in [0.2, 0.25) is 0 Å². The van der Waals surface area contributed by atoms with Crippen LogP contribution >= 0.6 is 11.6 Å². The lowest BCUT2D eigenvalue weighted by Gasteiger charge is -2.06. The zero-order valence-electron chi connectivity index (χ0n) is 14.5. The normalized spacial score (nSPS) is 11.3. The van der Waals surface area contributed by atoms with Gasteiger partial charge in [-0.25, -0.2) is 13.7 Å². The molecule has 3 rings (SSSR count). The van der Waals surface area contributed by atoms with Crippen molar-refractivity contribution in [3.63, 3.8) is 0 Å². The van der Waals surface area contributed by atoms with Gasteiger partial charge >= 0.3 is 5.97 Å². The zero-order valence-corrected chi connectivity index (χ0v) is 15.2. The van der Waals surface area contributed by atoms with E-state index in [1.54, 1.807) is 13.0 Å². The predicted octanol–water partition coefficient (Wildman–Crippen LogP) is 3.78. The minimum atomic E-state index is -0.597. The van der Waals surface area contributed by atoms with Crippen molar-refractivity contribution >= 4 is 23.1 Å². The summed E-state index contributed by atoms with van der Waals surface area (Å²) >= 11 is 5.70. The van der Waals surface area contributed by atoms with Gasteiger partial charge in [0.1, 0.15) is 11.3 Å². The Morgan fingerprint density at radius 1 is 1.42 bits per heavy atom. The van der Waals surface area contributed by atoms with Crippen molar-refractivity contribution in [2.75, 3.05) is 6.61 Å². The number of hydrogen-bond donors (Lipinski definition) is 1. The number of nitrogens with one attached hydrogen (secondary N) is 1. The highest BCUT2D eigenvalue weighted by Gasteiger charge is 2.25. The number of hydrogen-bond acceptors (Lipinski definition) is 4. The van der Waals surface area contributed by atoms with Gasteiger partial charge in [-0.1, -0.05) is 31.5 Å². The number of esters is 1. The smallest absolute Gasteiger partial charge is 0.359 e. The van der Waals surface area contributed by atoms with Crippen LogP contribution in [-0.4, -0.2) is 27.2 Å². The van der Waals surface area contributed by atoms with Gasteiger partial charge in [0.25, 0.3) is 5.56 Å². The first-order valence-corrected chi connectivity index (χ1v) is 8.49. The van der Waals surface area contributed by atoms with Crippen molar-refractivity contribution in [1.29, 1.82) is 0 Å². The van der Waals surface area contributed by atoms with Gasteiger partial charge in [-0.2, -0.15) is 5.10 Å². The Kier molecular flexibility index (Phi) is 4.82. The zero-order chi connectivity index (χ0) is 19.0. The van der Waals surface area contributed by atoms with Gasteiger partial charge < -0.3 is 9.72 Å². The van der Waals surface area contributed by atoms with Crippen molar-refractivity contribution in [3.05, 3.63) is 56.8 Å². The number of nitrogens with zero attached hydrogens (tertiary/aromatic N) is 2. The molecular weight excluding hydrogens is 361 g/mol. The molecule has 2 heterocycles. The summed E-state index contributed by atoms with van der Waals surface area (Å²) in [4.78, 5) is 27.6. The average Bonchev–Trinajstić information content (AvgIpc) is 2.98. The molecule has 1 aromatic carbocycles. The van der Waals surface area contributed by atoms with Crippen LogP contribution in [0.2, 0.25) is 5.02 Å². The SMILES string of the molecule is CCOC(=O)c1nn2cc(-c3ccc(Cl)c(F)c3)[nH]c(=O)c2c1C(C)C. The molecule has 0 spiro atoms. The first-order chi connectivity index (χ1) is 12.3. The summed E-state index contributed by atoms with van der Waals surface area (Å²) in [6.45, 7) is 5.63. The Hall–Kier alpha value is -2.67. The van der Waals surface area contributed by atoms with Gasteiger partial charge in [0.15, 0.2) is 5.69 Å². The quantitative estimate of drug-likeness (QED) is 0.702. The molecule has 0 atom stereocenters. The summed E-state index contributed by atoms with van der Waals surface area (Å²) in [5.74, 6) is -1.30. The molecule has 0 fully saturated rings. The lowest BCUT2D eigenvalue weighted by molar-refractivity contribution is 0.0517. The van der Waals surface area contributed by atoms with Crippen LogP contribution < -0.4 is 5.56 Å². The molecule has 0 aliphatic rings. The lowest BCUT2D eigenvalue weighted by Crippen LogP contribution is -2.13. The van der Waals surface area contributed by atoms with Gasteiger partial charge in [-0.05, 0) is 25.0 Å². The Labute approximate surface area is 153 Å². The van der Waals surface area contributed by atoms with E-state index in [0.717, 1.165) is 0 Å². The van der Waals surface area contributed by atoms with E-state index < -0.39 is 17.3 Å². The minimum absolute atomic E-state index is 0.0112. The van der Waals surface area contributed by atoms with Crippen LogP contribution in [0.4, 0.5) is 4.39 Å². The third-order valence-corrected chi connectivity index (χ3v) is 4.24. The fourth-order valence-electron chi connectivity index (χ4n) is 2.81. The largest absolute Gasteiger partial charge is 0.461 e. The van der Waals surface area contributed by atoms with E-state index >= 15 is 0 Å². The second kappa shape index (κ2) is 6.92. The maximum atomic E-state index is 13.7. The molecule has 0 saturated heterocycles. The summed E-state index contributed by atoms with van der Waals surface area (Å²) in [5.41, 5.74) is 1.24. The number of aromatic amines is 1. The van der Waals surface area contributed by atoms with Gasteiger partial charge in [0.05, 0.1) is 23.5 Å². The van der Waals surface area contributed by atoms with E-state index in [0.29, 0.717) is 16.8 Å². The Bertz CT molecular complexity index is 1060. The van der Waals surface area contributed by atoms with Gasteiger partial charge in [0, 0.05) is 11.1 Å². The van der Waals surface area contributed by atoms with Crippen LogP contribution in [0.1, 0.15) is 42.7 Å². The number of H-pyrrole nitrogens is 1. The molecular formula is C18H17ClFN3O3. The highest BCUT2D eigenvalue weighted by molar-refractivity contribution is 6.30. The number of fused-ring (bicyclic) bond motifs is 1. The Morgan fingerprint density at radius 3 is 2.77 bits per heavy atom. The van der Waals surface area contributed by atoms with Crippen molar-refractivity contribution in [1.82, 2.24) is 14.6 Å². The first-order valence-electron chi connectivity index (χ1n) is 8.11. The summed E-state index contributed by atoms with van der Waals surface area (Å²) < 4.78 is 20.1. The number of carbonyl (C=O) groups excluding carboxylic acids is 1. The molecule has 0 aliphatic heterocycles. The van der Waals surface area contributed by atoms with Crippen LogP contribution in [0.25, 0.3) is 16.8 Å². The molecule has 3 aromatic rings. The van der Waals surface area contributed by atoms with Crippen LogP contribution in [0.5, 0.6) is 0 Å². The molecule has 0 amide bonds. The number of ether oxygens (including phenoxy) is 1. The summed E-state index contributed by atoms with van der Waals surface area (Å²) in [7, 11) is 0. The molecule has 0 unspecified atom stereocenters. The number of aromatic nitrogens is 3. The molecule has 0 radical (unpaired) electrons. The molecule has 8 heteroatoms. The highest BCUT2D eigenvalue weighted by Crippen LogP contribution is 2.26. The Morgan fingerprint density at radius 2 is 2.15 bits per heavy atom. The summed E-state index contributed by atoms with van der Waals surface area (Å²) in [6.07, 6.45) is 1.54. The number of rotatable bonds is 4. The van der Waals surface area contributed by atoms with Gasteiger partial charge in [-0.3, -0.25) is 4.79 Å². The number of benzene rings is 1. The Balaban J connectivity index is 2.24. The van der Waals surface area contributed by atoms with E-state index in [1.165, 1.54) is 22.8 Å². The lowest BCUT2D eigenvalue weighted by atomic mass is 10.0. The maximum absolute atomic E-state index is 13.7. The van der Waals surface area contributed by atoms with Gasteiger partial charge in [-0.15, -0.1) is 0 Å². The second-order valence-electron chi connectivity index (χ2n) is 6.06. The number of carbonyl (C=O) groups is 1. The van der Waals surface area contributed by atoms with E-state index in [2.05, 4.69) is 10.1 Å². The molecule has 136 valence electrons. The van der Waals surface area contributed by atoms with E-state index in [-0.39, 0.29) is 28.8 Å². The molecule has 0 aliphatic carbocycles. The molecule has 1 N–H and O–H groups in total. The monoisotopic (exact) mass is 377 g/mol. The van der Waals surface area contributed by atoms with Crippen LogP contribution in [0.3, 0.4) is 0 Å². The van der Waals surface area contributed by atoms with Crippen LogP contribution in [-0.2, 0) is 4.74 Å². The average molecular weight is 378 g/mol. The predicted molar refractivity (Wildman–Crippen MR) is 96.3 cm³/mol. The van der Waals surface area contributed by atoms with Crippen molar-refractivity contribution in [2.24, 2.45) is 0 Å². The van der Waals surface area contributed by atoms with E-state index in [9.17, 15) is 14.0 Å². The maximum Gasteiger partial charge on any atom is 0.359 e. The number of halogens is 2. The first kappa shape index (κ1) is 18.1. The fraction of sp³-hybridized carbons (Fsp3) is 0.278. The van der Waals surface area contributed by atoms with Crippen molar-refractivity contribution in [3.8, 4) is 11.3 Å². The molecule has 2 aromatic heterocycles. The second-order valence-corrected chi connectivity index (χ2v) is 6.46. The molecule has 0 bridgehead atoms. The molecule has 0 saturated carbocycles. The third kappa shape index (κ3) is 3.10. The van der Waals surface area contributed by atoms with Crippen LogP contribution in [0.15, 0.2) is 29.2 Å². The molecule has 6 nitrogen and oxygen atoms in total. The summed E-state index contributed by atoms with van der Waals surface area (Å²) in [5, 5.41) is 4.23. The standard InChI is InChI=1S/C18H17ClFN3O3/c1-4-26-18(25)15-14(9(2)3)16-17(24)21-13(8-23(16)22-15)10-5-6-11(19)12(20)7-10/h5-9H,4H2,1-3H3,(H,21,24). The third-order valence-electron chi connectivity index (χ3n) is 3.94. The summed E-state index contributed by atoms with van der Waals surface area (Å²) in [6, 6.07) is 4.21. The van der Waals surface area contributed by atoms with Crippen molar-refractivity contribution < 1.29 is 13.9 Å². The highest BCUT2D eigenvalue weighted by atomic mass is 35.5. The molecule has 26 heavy (non-hydrogen) atoms. The minimum Gasteiger partial charge on any atom is -0.461 e. The fourth-order valence-corrected chi connectivity index (χ4v) is 2.93. The van der Waals surface area contributed by atoms with Crippen molar-refractivity contribution in [2.45, 2.75) is 26.7 Å². The van der Waals surface area contributed by atoms with Crippen LogP contribution in [0, 0.1) is 5.82 Å². The van der Waals surface area contributed by atoms with E-state index in [4.69, 9.17) is 16.3 Å².